The van der Waals surface area contributed by atoms with Crippen molar-refractivity contribution in [3.8, 4) is 0 Å². The van der Waals surface area contributed by atoms with E-state index in [-0.39, 0.29) is 36.6 Å². The number of carbonyl (C=O) groups is 2. The van der Waals surface area contributed by atoms with Gasteiger partial charge in [0, 0.05) is 25.3 Å². The molecule has 2 atom stereocenters. The summed E-state index contributed by atoms with van der Waals surface area (Å²) in [5.41, 5.74) is 2.24. The average Bonchev–Trinajstić information content (AvgIpc) is 3.07. The minimum Gasteiger partial charge on any atom is -0.458 e. The number of aryl methyl sites for hydroxylation is 1. The third-order valence-corrected chi connectivity index (χ3v) is 5.28. The van der Waals surface area contributed by atoms with Gasteiger partial charge in [-0.25, -0.2) is 4.79 Å². The molecule has 2 unspecified atom stereocenters. The van der Waals surface area contributed by atoms with E-state index in [0.717, 1.165) is 30.3 Å². The van der Waals surface area contributed by atoms with Crippen LogP contribution >= 0.6 is 0 Å². The molecule has 2 aromatic heterocycles. The standard InChI is InChI=1S/C20H29N3O3/c1-13(2)26-20(25)18-11-17-16(9-10-21(17)5)22(18)12-19(24)23-14(3)7-6-8-15(23)4/h9-11,13-15H,6-8,12H2,1-5H3. The van der Waals surface area contributed by atoms with E-state index in [0.29, 0.717) is 5.69 Å². The number of nitrogens with zero attached hydrogens (tertiary/aromatic N) is 3. The number of amides is 1. The molecule has 26 heavy (non-hydrogen) atoms. The number of esters is 1. The average molecular weight is 359 g/mol. The second kappa shape index (κ2) is 7.17. The normalized spacial score (nSPS) is 20.8. The van der Waals surface area contributed by atoms with Crippen molar-refractivity contribution in [3.63, 3.8) is 0 Å². The maximum Gasteiger partial charge on any atom is 0.355 e. The first-order chi connectivity index (χ1) is 12.3. The van der Waals surface area contributed by atoms with Crippen molar-refractivity contribution in [2.45, 2.75) is 71.7 Å². The molecule has 2 aromatic rings. The second-order valence-electron chi connectivity index (χ2n) is 7.70. The fourth-order valence-corrected chi connectivity index (χ4v) is 4.01. The van der Waals surface area contributed by atoms with Crippen molar-refractivity contribution in [3.05, 3.63) is 24.0 Å². The Morgan fingerprint density at radius 2 is 1.85 bits per heavy atom. The maximum atomic E-state index is 13.1. The van der Waals surface area contributed by atoms with Gasteiger partial charge >= 0.3 is 5.97 Å². The van der Waals surface area contributed by atoms with Gasteiger partial charge in [-0.1, -0.05) is 0 Å². The summed E-state index contributed by atoms with van der Waals surface area (Å²) in [6.45, 7) is 8.02. The van der Waals surface area contributed by atoms with Crippen LogP contribution in [0.15, 0.2) is 18.3 Å². The Bertz CT molecular complexity index is 808. The molecular formula is C20H29N3O3. The lowest BCUT2D eigenvalue weighted by molar-refractivity contribution is -0.137. The number of hydrogen-bond donors (Lipinski definition) is 0. The van der Waals surface area contributed by atoms with E-state index in [4.69, 9.17) is 4.74 Å². The van der Waals surface area contributed by atoms with E-state index in [1.807, 2.05) is 48.7 Å². The minimum absolute atomic E-state index is 0.0599. The van der Waals surface area contributed by atoms with Crippen LogP contribution in [0.5, 0.6) is 0 Å². The number of carbonyl (C=O) groups excluding carboxylic acids is 2. The Balaban J connectivity index is 1.95. The zero-order chi connectivity index (χ0) is 19.0. The highest BCUT2D eigenvalue weighted by atomic mass is 16.5. The highest BCUT2D eigenvalue weighted by Gasteiger charge is 2.30. The van der Waals surface area contributed by atoms with E-state index in [2.05, 4.69) is 13.8 Å². The third-order valence-electron chi connectivity index (χ3n) is 5.28. The van der Waals surface area contributed by atoms with Crippen LogP contribution in [0, 0.1) is 0 Å². The van der Waals surface area contributed by atoms with Gasteiger partial charge in [0.2, 0.25) is 5.91 Å². The molecule has 1 fully saturated rings. The van der Waals surface area contributed by atoms with E-state index in [1.54, 1.807) is 4.57 Å². The lowest BCUT2D eigenvalue weighted by Gasteiger charge is -2.39. The second-order valence-corrected chi connectivity index (χ2v) is 7.70. The van der Waals surface area contributed by atoms with Crippen LogP contribution in [0.1, 0.15) is 57.4 Å². The smallest absolute Gasteiger partial charge is 0.355 e. The molecule has 1 amide bonds. The van der Waals surface area contributed by atoms with Gasteiger partial charge in [0.15, 0.2) is 0 Å². The summed E-state index contributed by atoms with van der Waals surface area (Å²) in [6, 6.07) is 4.23. The highest BCUT2D eigenvalue weighted by molar-refractivity contribution is 5.96. The van der Waals surface area contributed by atoms with Crippen LogP contribution in [-0.4, -0.2) is 44.1 Å². The van der Waals surface area contributed by atoms with Crippen LogP contribution in [0.3, 0.4) is 0 Å². The Kier molecular flexibility index (Phi) is 5.12. The van der Waals surface area contributed by atoms with Gasteiger partial charge < -0.3 is 18.8 Å². The summed E-state index contributed by atoms with van der Waals surface area (Å²) in [4.78, 5) is 27.6. The SMILES string of the molecule is CC(C)OC(=O)c1cc2c(ccn2C)n1CC(=O)N1C(C)CCCC1C. The topological polar surface area (TPSA) is 56.5 Å². The highest BCUT2D eigenvalue weighted by Crippen LogP contribution is 2.25. The molecule has 1 saturated heterocycles. The van der Waals surface area contributed by atoms with E-state index in [9.17, 15) is 9.59 Å². The summed E-state index contributed by atoms with van der Waals surface area (Å²) in [6.07, 6.45) is 4.96. The molecule has 3 heterocycles. The lowest BCUT2D eigenvalue weighted by atomic mass is 9.97. The quantitative estimate of drug-likeness (QED) is 0.787. The summed E-state index contributed by atoms with van der Waals surface area (Å²) in [5, 5.41) is 0. The molecule has 0 spiro atoms. The molecule has 3 rings (SSSR count). The zero-order valence-electron chi connectivity index (χ0n) is 16.4. The molecule has 1 aliphatic heterocycles. The van der Waals surface area contributed by atoms with Crippen molar-refractivity contribution in [2.24, 2.45) is 7.05 Å². The molecular weight excluding hydrogens is 330 g/mol. The fourth-order valence-electron chi connectivity index (χ4n) is 4.01. The van der Waals surface area contributed by atoms with E-state index in [1.165, 1.54) is 0 Å². The Morgan fingerprint density at radius 1 is 1.19 bits per heavy atom. The van der Waals surface area contributed by atoms with E-state index < -0.39 is 0 Å². The summed E-state index contributed by atoms with van der Waals surface area (Å²) >= 11 is 0. The summed E-state index contributed by atoms with van der Waals surface area (Å²) in [7, 11) is 1.93. The van der Waals surface area contributed by atoms with Gasteiger partial charge in [0.05, 0.1) is 17.1 Å². The first kappa shape index (κ1) is 18.5. The number of piperidine rings is 1. The van der Waals surface area contributed by atoms with Crippen molar-refractivity contribution in [2.75, 3.05) is 0 Å². The van der Waals surface area contributed by atoms with Gasteiger partial charge in [-0.15, -0.1) is 0 Å². The fraction of sp³-hybridized carbons (Fsp3) is 0.600. The number of rotatable bonds is 4. The summed E-state index contributed by atoms with van der Waals surface area (Å²) < 4.78 is 9.15. The first-order valence-electron chi connectivity index (χ1n) is 9.46. The van der Waals surface area contributed by atoms with Gasteiger partial charge in [0.25, 0.3) is 0 Å². The van der Waals surface area contributed by atoms with Crippen LogP contribution < -0.4 is 0 Å². The van der Waals surface area contributed by atoms with Crippen LogP contribution in [0.4, 0.5) is 0 Å². The monoisotopic (exact) mass is 359 g/mol. The van der Waals surface area contributed by atoms with Crippen molar-refractivity contribution >= 4 is 22.9 Å². The molecule has 0 N–H and O–H groups in total. The molecule has 0 saturated carbocycles. The lowest BCUT2D eigenvalue weighted by Crippen LogP contribution is -2.48. The van der Waals surface area contributed by atoms with Crippen molar-refractivity contribution < 1.29 is 14.3 Å². The first-order valence-corrected chi connectivity index (χ1v) is 9.46. The maximum absolute atomic E-state index is 13.1. The molecule has 0 radical (unpaired) electrons. The summed E-state index contributed by atoms with van der Waals surface area (Å²) in [5.74, 6) is -0.326. The van der Waals surface area contributed by atoms with Crippen LogP contribution in [0.2, 0.25) is 0 Å². The molecule has 0 bridgehead atoms. The van der Waals surface area contributed by atoms with Crippen LogP contribution in [0.25, 0.3) is 11.0 Å². The Hall–Kier alpha value is -2.24. The minimum atomic E-state index is -0.385. The van der Waals surface area contributed by atoms with Gasteiger partial charge in [-0.05, 0) is 59.1 Å². The van der Waals surface area contributed by atoms with Crippen molar-refractivity contribution in [1.82, 2.24) is 14.0 Å². The number of hydrogen-bond acceptors (Lipinski definition) is 3. The predicted octanol–water partition coefficient (Wildman–Crippen LogP) is 3.33. The predicted molar refractivity (Wildman–Crippen MR) is 101 cm³/mol. The molecule has 142 valence electrons. The molecule has 1 aliphatic rings. The Morgan fingerprint density at radius 3 is 2.46 bits per heavy atom. The number of fused-ring (bicyclic) bond motifs is 1. The molecule has 0 aromatic carbocycles. The number of likely N-dealkylation sites (tertiary alicyclic amines) is 1. The molecule has 6 heteroatoms. The molecule has 0 aliphatic carbocycles. The zero-order valence-corrected chi connectivity index (χ0v) is 16.4. The number of aromatic nitrogens is 2. The third kappa shape index (κ3) is 3.37. The number of ether oxygens (including phenoxy) is 1. The van der Waals surface area contributed by atoms with Gasteiger partial charge in [-0.2, -0.15) is 0 Å². The van der Waals surface area contributed by atoms with Gasteiger partial charge in [-0.3, -0.25) is 4.79 Å². The van der Waals surface area contributed by atoms with E-state index >= 15 is 0 Å². The van der Waals surface area contributed by atoms with Crippen molar-refractivity contribution in [1.29, 1.82) is 0 Å². The van der Waals surface area contributed by atoms with Gasteiger partial charge in [0.1, 0.15) is 12.2 Å². The largest absolute Gasteiger partial charge is 0.458 e. The molecule has 6 nitrogen and oxygen atoms in total. The van der Waals surface area contributed by atoms with Crippen LogP contribution in [-0.2, 0) is 23.1 Å². The Labute approximate surface area is 154 Å².